The Labute approximate surface area is 145 Å². The van der Waals surface area contributed by atoms with Crippen LogP contribution in [0.3, 0.4) is 0 Å². The van der Waals surface area contributed by atoms with Gasteiger partial charge in [-0.1, -0.05) is 39.3 Å². The molecule has 0 atom stereocenters. The summed E-state index contributed by atoms with van der Waals surface area (Å²) < 4.78 is 0. The summed E-state index contributed by atoms with van der Waals surface area (Å²) in [7, 11) is 0. The van der Waals surface area contributed by atoms with Gasteiger partial charge in [-0.25, -0.2) is 0 Å². The second kappa shape index (κ2) is 8.32. The smallest absolute Gasteiger partial charge is 0.230 e. The van der Waals surface area contributed by atoms with Crippen molar-refractivity contribution in [2.45, 2.75) is 64.7 Å². The number of carbonyl (C=O) groups excluding carboxylic acids is 2. The Morgan fingerprint density at radius 2 is 1.83 bits per heavy atom. The van der Waals surface area contributed by atoms with Crippen molar-refractivity contribution in [3.63, 3.8) is 0 Å². The molecule has 0 bridgehead atoms. The number of rotatable bonds is 9. The predicted molar refractivity (Wildman–Crippen MR) is 98.0 cm³/mol. The Hall–Kier alpha value is -1.84. The zero-order chi connectivity index (χ0) is 17.6. The van der Waals surface area contributed by atoms with E-state index in [-0.39, 0.29) is 17.2 Å². The van der Waals surface area contributed by atoms with Crippen LogP contribution in [0.25, 0.3) is 0 Å². The second-order valence-electron chi connectivity index (χ2n) is 7.25. The number of anilines is 1. The van der Waals surface area contributed by atoms with Crippen molar-refractivity contribution in [2.24, 2.45) is 5.92 Å². The molecule has 1 aliphatic carbocycles. The van der Waals surface area contributed by atoms with E-state index in [9.17, 15) is 9.59 Å². The largest absolute Gasteiger partial charge is 0.355 e. The average Bonchev–Trinajstić information content (AvgIpc) is 3.35. The van der Waals surface area contributed by atoms with E-state index < -0.39 is 0 Å². The zero-order valence-electron chi connectivity index (χ0n) is 15.2. The molecule has 4 nitrogen and oxygen atoms in total. The van der Waals surface area contributed by atoms with Crippen LogP contribution in [0, 0.1) is 5.92 Å². The maximum atomic E-state index is 12.5. The SMILES string of the molecule is CCCCC(=O)Nc1ccc(C2(C(=O)NCCC(C)C)CC2)cc1. The highest BCUT2D eigenvalue weighted by Crippen LogP contribution is 2.48. The molecule has 0 heterocycles. The summed E-state index contributed by atoms with van der Waals surface area (Å²) in [6, 6.07) is 7.76. The molecule has 132 valence electrons. The predicted octanol–water partition coefficient (Wildman–Crippen LogP) is 4.01. The number of hydrogen-bond donors (Lipinski definition) is 2. The zero-order valence-corrected chi connectivity index (χ0v) is 15.2. The van der Waals surface area contributed by atoms with Gasteiger partial charge in [-0.15, -0.1) is 0 Å². The molecule has 0 radical (unpaired) electrons. The molecule has 1 saturated carbocycles. The van der Waals surface area contributed by atoms with E-state index in [0.717, 1.165) is 49.9 Å². The van der Waals surface area contributed by atoms with E-state index in [1.165, 1.54) is 0 Å². The summed E-state index contributed by atoms with van der Waals surface area (Å²) in [5, 5.41) is 5.99. The van der Waals surface area contributed by atoms with Crippen LogP contribution < -0.4 is 10.6 Å². The molecule has 1 fully saturated rings. The highest BCUT2D eigenvalue weighted by Gasteiger charge is 2.50. The van der Waals surface area contributed by atoms with Crippen LogP contribution in [-0.4, -0.2) is 18.4 Å². The van der Waals surface area contributed by atoms with Crippen molar-refractivity contribution >= 4 is 17.5 Å². The van der Waals surface area contributed by atoms with Crippen LogP contribution >= 0.6 is 0 Å². The summed E-state index contributed by atoms with van der Waals surface area (Å²) in [6.07, 6.45) is 5.29. The van der Waals surface area contributed by atoms with Crippen molar-refractivity contribution in [1.82, 2.24) is 5.32 Å². The summed E-state index contributed by atoms with van der Waals surface area (Å²) in [5.74, 6) is 0.788. The minimum atomic E-state index is -0.346. The normalized spacial score (nSPS) is 15.2. The molecule has 2 amide bonds. The van der Waals surface area contributed by atoms with Gasteiger partial charge < -0.3 is 10.6 Å². The number of unbranched alkanes of at least 4 members (excludes halogenated alkanes) is 1. The number of carbonyl (C=O) groups is 2. The van der Waals surface area contributed by atoms with Gasteiger partial charge in [-0.3, -0.25) is 9.59 Å². The molecule has 0 spiro atoms. The van der Waals surface area contributed by atoms with E-state index in [1.807, 2.05) is 24.3 Å². The van der Waals surface area contributed by atoms with Crippen LogP contribution in [-0.2, 0) is 15.0 Å². The lowest BCUT2D eigenvalue weighted by molar-refractivity contribution is -0.123. The minimum Gasteiger partial charge on any atom is -0.355 e. The van der Waals surface area contributed by atoms with Gasteiger partial charge in [0.05, 0.1) is 5.41 Å². The molecule has 1 aromatic rings. The van der Waals surface area contributed by atoms with Crippen molar-refractivity contribution < 1.29 is 9.59 Å². The Balaban J connectivity index is 1.92. The molecule has 0 aliphatic heterocycles. The fourth-order valence-electron chi connectivity index (χ4n) is 2.85. The molecule has 0 unspecified atom stereocenters. The first-order valence-corrected chi connectivity index (χ1v) is 9.16. The molecule has 0 aromatic heterocycles. The van der Waals surface area contributed by atoms with Gasteiger partial charge in [0.15, 0.2) is 0 Å². The molecule has 1 aromatic carbocycles. The average molecular weight is 330 g/mol. The van der Waals surface area contributed by atoms with Crippen LogP contribution in [0.4, 0.5) is 5.69 Å². The number of nitrogens with one attached hydrogen (secondary N) is 2. The van der Waals surface area contributed by atoms with Crippen LogP contribution in [0.15, 0.2) is 24.3 Å². The van der Waals surface area contributed by atoms with Crippen molar-refractivity contribution in [2.75, 3.05) is 11.9 Å². The molecular formula is C20H30N2O2. The second-order valence-corrected chi connectivity index (χ2v) is 7.25. The van der Waals surface area contributed by atoms with Crippen LogP contribution in [0.5, 0.6) is 0 Å². The van der Waals surface area contributed by atoms with Gasteiger partial charge in [0.1, 0.15) is 0 Å². The highest BCUT2D eigenvalue weighted by molar-refractivity contribution is 5.92. The molecule has 4 heteroatoms. The van der Waals surface area contributed by atoms with Gasteiger partial charge in [0.2, 0.25) is 11.8 Å². The van der Waals surface area contributed by atoms with Crippen molar-refractivity contribution in [3.8, 4) is 0 Å². The summed E-state index contributed by atoms with van der Waals surface area (Å²) >= 11 is 0. The lowest BCUT2D eigenvalue weighted by Crippen LogP contribution is -2.35. The van der Waals surface area contributed by atoms with Crippen molar-refractivity contribution in [1.29, 1.82) is 0 Å². The molecule has 24 heavy (non-hydrogen) atoms. The Bertz CT molecular complexity index is 560. The summed E-state index contributed by atoms with van der Waals surface area (Å²) in [6.45, 7) is 7.13. The van der Waals surface area contributed by atoms with Gasteiger partial charge >= 0.3 is 0 Å². The Morgan fingerprint density at radius 3 is 2.38 bits per heavy atom. The summed E-state index contributed by atoms with van der Waals surface area (Å²) in [4.78, 5) is 24.3. The number of amides is 2. The fraction of sp³-hybridized carbons (Fsp3) is 0.600. The van der Waals surface area contributed by atoms with Gasteiger partial charge in [-0.2, -0.15) is 0 Å². The summed E-state index contributed by atoms with van der Waals surface area (Å²) in [5.41, 5.74) is 1.51. The number of hydrogen-bond acceptors (Lipinski definition) is 2. The lowest BCUT2D eigenvalue weighted by atomic mass is 9.94. The fourth-order valence-corrected chi connectivity index (χ4v) is 2.85. The van der Waals surface area contributed by atoms with Gasteiger partial charge in [0, 0.05) is 18.7 Å². The third-order valence-electron chi connectivity index (χ3n) is 4.67. The quantitative estimate of drug-likeness (QED) is 0.719. The highest BCUT2D eigenvalue weighted by atomic mass is 16.2. The lowest BCUT2D eigenvalue weighted by Gasteiger charge is -2.17. The first kappa shape index (κ1) is 18.5. The third-order valence-corrected chi connectivity index (χ3v) is 4.67. The van der Waals surface area contributed by atoms with E-state index in [0.29, 0.717) is 12.3 Å². The number of benzene rings is 1. The maximum Gasteiger partial charge on any atom is 0.230 e. The molecule has 1 aliphatic rings. The molecule has 2 N–H and O–H groups in total. The van der Waals surface area contributed by atoms with Gasteiger partial charge in [-0.05, 0) is 49.3 Å². The maximum absolute atomic E-state index is 12.5. The Kier molecular flexibility index (Phi) is 6.41. The van der Waals surface area contributed by atoms with Crippen LogP contribution in [0.1, 0.15) is 64.9 Å². The monoisotopic (exact) mass is 330 g/mol. The van der Waals surface area contributed by atoms with E-state index in [2.05, 4.69) is 31.4 Å². The van der Waals surface area contributed by atoms with Crippen LogP contribution in [0.2, 0.25) is 0 Å². The Morgan fingerprint density at radius 1 is 1.17 bits per heavy atom. The minimum absolute atomic E-state index is 0.0529. The van der Waals surface area contributed by atoms with E-state index >= 15 is 0 Å². The molecular weight excluding hydrogens is 300 g/mol. The first-order valence-electron chi connectivity index (χ1n) is 9.16. The van der Waals surface area contributed by atoms with Crippen molar-refractivity contribution in [3.05, 3.63) is 29.8 Å². The molecule has 0 saturated heterocycles. The molecule has 2 rings (SSSR count). The first-order chi connectivity index (χ1) is 11.5. The third kappa shape index (κ3) is 4.83. The standard InChI is InChI=1S/C20H30N2O2/c1-4-5-6-18(23)22-17-9-7-16(8-10-17)20(12-13-20)19(24)21-14-11-15(2)3/h7-10,15H,4-6,11-14H2,1-3H3,(H,21,24)(H,22,23). The van der Waals surface area contributed by atoms with E-state index in [1.54, 1.807) is 0 Å². The van der Waals surface area contributed by atoms with Gasteiger partial charge in [0.25, 0.3) is 0 Å². The topological polar surface area (TPSA) is 58.2 Å². The van der Waals surface area contributed by atoms with E-state index in [4.69, 9.17) is 0 Å².